The first kappa shape index (κ1) is 13.2. The van der Waals surface area contributed by atoms with Crippen molar-refractivity contribution in [2.45, 2.75) is 10.9 Å². The quantitative estimate of drug-likeness (QED) is 0.702. The van der Waals surface area contributed by atoms with Gasteiger partial charge < -0.3 is 5.32 Å². The third-order valence-electron chi connectivity index (χ3n) is 2.51. The summed E-state index contributed by atoms with van der Waals surface area (Å²) in [7, 11) is 0. The first-order valence-corrected chi connectivity index (χ1v) is 8.77. The van der Waals surface area contributed by atoms with Gasteiger partial charge in [0.1, 0.15) is 9.34 Å². The van der Waals surface area contributed by atoms with Gasteiger partial charge in [0.05, 0.1) is 23.0 Å². The van der Waals surface area contributed by atoms with Crippen LogP contribution in [0.1, 0.15) is 5.01 Å². The summed E-state index contributed by atoms with van der Waals surface area (Å²) in [6.45, 7) is 0.692. The van der Waals surface area contributed by atoms with Crippen molar-refractivity contribution in [1.29, 1.82) is 0 Å². The second kappa shape index (κ2) is 5.66. The first-order chi connectivity index (χ1) is 9.24. The number of nitrogens with zero attached hydrogens (tertiary/aromatic N) is 2. The molecule has 0 bridgehead atoms. The van der Waals surface area contributed by atoms with Crippen LogP contribution in [0.25, 0.3) is 10.2 Å². The molecule has 0 aliphatic rings. The minimum atomic E-state index is 0.692. The molecule has 3 rings (SSSR count). The molecule has 3 aromatic rings. The van der Waals surface area contributed by atoms with Crippen LogP contribution in [0.5, 0.6) is 0 Å². The molecule has 1 N–H and O–H groups in total. The zero-order chi connectivity index (χ0) is 13.2. The van der Waals surface area contributed by atoms with Gasteiger partial charge in [-0.3, -0.25) is 0 Å². The van der Waals surface area contributed by atoms with E-state index in [1.807, 2.05) is 18.4 Å². The molecule has 98 valence electrons. The van der Waals surface area contributed by atoms with Crippen molar-refractivity contribution in [1.82, 2.24) is 9.97 Å². The molecule has 0 saturated heterocycles. The standard InChI is InChI=1S/C12H10ClN3S3/c1-17-12-16-8-3-2-7(4-9(8)18-12)14-6-11-15-5-10(13)19-11/h2-5,14H,6H2,1H3. The summed E-state index contributed by atoms with van der Waals surface area (Å²) in [6.07, 6.45) is 3.73. The number of thioether (sulfide) groups is 1. The number of nitrogens with one attached hydrogen (secondary N) is 1. The molecule has 7 heteroatoms. The van der Waals surface area contributed by atoms with Gasteiger partial charge in [0.25, 0.3) is 0 Å². The highest BCUT2D eigenvalue weighted by Gasteiger charge is 2.04. The Labute approximate surface area is 128 Å². The lowest BCUT2D eigenvalue weighted by atomic mass is 10.3. The minimum absolute atomic E-state index is 0.692. The third-order valence-corrected chi connectivity index (χ3v) is 5.63. The van der Waals surface area contributed by atoms with Crippen molar-refractivity contribution in [2.75, 3.05) is 11.6 Å². The van der Waals surface area contributed by atoms with Crippen molar-refractivity contribution < 1.29 is 0 Å². The molecule has 0 aliphatic heterocycles. The highest BCUT2D eigenvalue weighted by Crippen LogP contribution is 2.30. The van der Waals surface area contributed by atoms with E-state index in [2.05, 4.69) is 21.4 Å². The second-order valence-corrected chi connectivity index (χ2v) is 7.61. The Morgan fingerprint density at radius 2 is 2.26 bits per heavy atom. The lowest BCUT2D eigenvalue weighted by Crippen LogP contribution is -1.98. The fourth-order valence-corrected chi connectivity index (χ4v) is 4.07. The summed E-state index contributed by atoms with van der Waals surface area (Å²) in [5.41, 5.74) is 2.13. The van der Waals surface area contributed by atoms with E-state index >= 15 is 0 Å². The Morgan fingerprint density at radius 3 is 3.00 bits per heavy atom. The summed E-state index contributed by atoms with van der Waals surface area (Å²) in [6, 6.07) is 6.21. The Bertz CT molecular complexity index is 707. The summed E-state index contributed by atoms with van der Waals surface area (Å²) in [5, 5.41) is 4.34. The average molecular weight is 328 g/mol. The third kappa shape index (κ3) is 3.02. The summed E-state index contributed by atoms with van der Waals surface area (Å²) < 4.78 is 3.02. The van der Waals surface area contributed by atoms with Crippen LogP contribution in [-0.4, -0.2) is 16.2 Å². The molecular formula is C12H10ClN3S3. The van der Waals surface area contributed by atoms with Gasteiger partial charge in [-0.15, -0.1) is 22.7 Å². The van der Waals surface area contributed by atoms with Crippen molar-refractivity contribution in [3.63, 3.8) is 0 Å². The van der Waals surface area contributed by atoms with Crippen LogP contribution in [0, 0.1) is 0 Å². The number of thiazole rings is 2. The van der Waals surface area contributed by atoms with Gasteiger partial charge in [0.15, 0.2) is 4.34 Å². The smallest absolute Gasteiger partial charge is 0.150 e. The van der Waals surface area contributed by atoms with Gasteiger partial charge in [0.2, 0.25) is 0 Å². The molecule has 0 atom stereocenters. The lowest BCUT2D eigenvalue weighted by molar-refractivity contribution is 1.10. The normalized spacial score (nSPS) is 11.1. The van der Waals surface area contributed by atoms with Crippen molar-refractivity contribution in [3.8, 4) is 0 Å². The zero-order valence-corrected chi connectivity index (χ0v) is 13.2. The predicted molar refractivity (Wildman–Crippen MR) is 85.9 cm³/mol. The zero-order valence-electron chi connectivity index (χ0n) is 10.0. The number of fused-ring (bicyclic) bond motifs is 1. The van der Waals surface area contributed by atoms with Gasteiger partial charge in [-0.2, -0.15) is 0 Å². The van der Waals surface area contributed by atoms with Gasteiger partial charge in [-0.1, -0.05) is 23.4 Å². The van der Waals surface area contributed by atoms with Crippen LogP contribution < -0.4 is 5.32 Å². The second-order valence-electron chi connectivity index (χ2n) is 3.78. The molecule has 0 radical (unpaired) electrons. The fraction of sp³-hybridized carbons (Fsp3) is 0.167. The highest BCUT2D eigenvalue weighted by atomic mass is 35.5. The first-order valence-electron chi connectivity index (χ1n) is 5.53. The number of hydrogen-bond acceptors (Lipinski definition) is 6. The van der Waals surface area contributed by atoms with Gasteiger partial charge >= 0.3 is 0 Å². The molecule has 0 fully saturated rings. The summed E-state index contributed by atoms with van der Waals surface area (Å²) in [4.78, 5) is 8.74. The Kier molecular flexibility index (Phi) is 3.93. The van der Waals surface area contributed by atoms with Crippen molar-refractivity contribution in [2.24, 2.45) is 0 Å². The topological polar surface area (TPSA) is 37.8 Å². The molecule has 19 heavy (non-hydrogen) atoms. The maximum atomic E-state index is 5.86. The number of hydrogen-bond donors (Lipinski definition) is 1. The van der Waals surface area contributed by atoms with Crippen molar-refractivity contribution >= 4 is 61.9 Å². The van der Waals surface area contributed by atoms with E-state index < -0.39 is 0 Å². The van der Waals surface area contributed by atoms with Crippen LogP contribution in [0.2, 0.25) is 4.34 Å². The molecule has 0 unspecified atom stereocenters. The Morgan fingerprint density at radius 1 is 1.37 bits per heavy atom. The molecule has 0 saturated carbocycles. The Balaban J connectivity index is 1.77. The number of halogens is 1. The average Bonchev–Trinajstić information content (AvgIpc) is 3.01. The largest absolute Gasteiger partial charge is 0.378 e. The molecule has 0 aliphatic carbocycles. The van der Waals surface area contributed by atoms with Crippen LogP contribution in [-0.2, 0) is 6.54 Å². The minimum Gasteiger partial charge on any atom is -0.378 e. The number of rotatable bonds is 4. The van der Waals surface area contributed by atoms with Gasteiger partial charge in [-0.05, 0) is 24.5 Å². The van der Waals surface area contributed by atoms with Crippen LogP contribution in [0.15, 0.2) is 28.7 Å². The molecule has 0 amide bonds. The van der Waals surface area contributed by atoms with E-state index in [-0.39, 0.29) is 0 Å². The van der Waals surface area contributed by atoms with E-state index in [1.54, 1.807) is 29.3 Å². The van der Waals surface area contributed by atoms with Crippen LogP contribution in [0.3, 0.4) is 0 Å². The predicted octanol–water partition coefficient (Wildman–Crippen LogP) is 4.74. The lowest BCUT2D eigenvalue weighted by Gasteiger charge is -2.03. The van der Waals surface area contributed by atoms with E-state index in [0.29, 0.717) is 6.54 Å². The molecular weight excluding hydrogens is 318 g/mol. The number of benzene rings is 1. The van der Waals surface area contributed by atoms with Crippen LogP contribution in [0.4, 0.5) is 5.69 Å². The molecule has 2 heterocycles. The van der Waals surface area contributed by atoms with Crippen LogP contribution >= 0.6 is 46.0 Å². The van der Waals surface area contributed by atoms with Gasteiger partial charge in [0, 0.05) is 5.69 Å². The molecule has 2 aromatic heterocycles. The van der Waals surface area contributed by atoms with E-state index in [9.17, 15) is 0 Å². The van der Waals surface area contributed by atoms with Gasteiger partial charge in [-0.25, -0.2) is 9.97 Å². The summed E-state index contributed by atoms with van der Waals surface area (Å²) >= 11 is 10.7. The maximum absolute atomic E-state index is 5.86. The summed E-state index contributed by atoms with van der Waals surface area (Å²) in [5.74, 6) is 0. The molecule has 1 aromatic carbocycles. The van der Waals surface area contributed by atoms with Crippen molar-refractivity contribution in [3.05, 3.63) is 33.7 Å². The molecule has 3 nitrogen and oxygen atoms in total. The fourth-order valence-electron chi connectivity index (χ4n) is 1.65. The SMILES string of the molecule is CSc1nc2ccc(NCc3ncc(Cl)s3)cc2s1. The monoisotopic (exact) mass is 327 g/mol. The van der Waals surface area contributed by atoms with E-state index in [4.69, 9.17) is 11.6 Å². The number of aromatic nitrogens is 2. The Hall–Kier alpha value is -0.820. The van der Waals surface area contributed by atoms with E-state index in [1.165, 1.54) is 16.0 Å². The van der Waals surface area contributed by atoms with E-state index in [0.717, 1.165) is 24.9 Å². The highest BCUT2D eigenvalue weighted by molar-refractivity contribution is 8.00. The number of anilines is 1. The maximum Gasteiger partial charge on any atom is 0.150 e. The molecule has 0 spiro atoms.